The summed E-state index contributed by atoms with van der Waals surface area (Å²) in [6.45, 7) is 4.62. The molecule has 1 aliphatic rings. The standard InChI is InChI=1S/C19H23N7O2/c1-15-11-19(28)25(14-21-15)10-9-23-7-2-3-16(23)12-26-18(27)5-4-17(22-26)24-8-6-20-13-24/h4-6,8,11,13-14,16H,2-3,7,9-10,12H2,1H3. The normalized spacial score (nSPS) is 17.2. The molecule has 1 saturated heterocycles. The van der Waals surface area contributed by atoms with Crippen molar-refractivity contribution < 1.29 is 0 Å². The molecule has 3 aromatic rings. The lowest BCUT2D eigenvalue weighted by Gasteiger charge is -2.25. The van der Waals surface area contributed by atoms with Crippen LogP contribution in [0.4, 0.5) is 0 Å². The number of hydrogen-bond donors (Lipinski definition) is 0. The Morgan fingerprint density at radius 3 is 2.82 bits per heavy atom. The van der Waals surface area contributed by atoms with Crippen LogP contribution in [0.25, 0.3) is 5.82 Å². The molecule has 9 heteroatoms. The fourth-order valence-electron chi connectivity index (χ4n) is 3.62. The van der Waals surface area contributed by atoms with Crippen molar-refractivity contribution in [2.45, 2.75) is 38.9 Å². The Bertz CT molecular complexity index is 1050. The Balaban J connectivity index is 1.46. The largest absolute Gasteiger partial charge is 0.298 e. The fraction of sp³-hybridized carbons (Fsp3) is 0.421. The van der Waals surface area contributed by atoms with Gasteiger partial charge in [0.2, 0.25) is 0 Å². The maximum Gasteiger partial charge on any atom is 0.266 e. The van der Waals surface area contributed by atoms with E-state index in [2.05, 4.69) is 20.0 Å². The van der Waals surface area contributed by atoms with Gasteiger partial charge in [-0.05, 0) is 32.4 Å². The van der Waals surface area contributed by atoms with E-state index in [-0.39, 0.29) is 17.2 Å². The van der Waals surface area contributed by atoms with Crippen LogP contribution >= 0.6 is 0 Å². The van der Waals surface area contributed by atoms with Gasteiger partial charge in [-0.1, -0.05) is 0 Å². The second-order valence-electron chi connectivity index (χ2n) is 7.08. The number of aromatic nitrogens is 6. The first kappa shape index (κ1) is 18.3. The summed E-state index contributed by atoms with van der Waals surface area (Å²) in [6.07, 6.45) is 8.81. The molecule has 0 spiro atoms. The molecule has 1 fully saturated rings. The predicted octanol–water partition coefficient (Wildman–Crippen LogP) is 0.459. The summed E-state index contributed by atoms with van der Waals surface area (Å²) in [7, 11) is 0. The average Bonchev–Trinajstić information content (AvgIpc) is 3.35. The maximum absolute atomic E-state index is 12.3. The predicted molar refractivity (Wildman–Crippen MR) is 103 cm³/mol. The van der Waals surface area contributed by atoms with E-state index in [0.717, 1.165) is 31.6 Å². The van der Waals surface area contributed by atoms with Crippen molar-refractivity contribution in [3.8, 4) is 5.82 Å². The first-order valence-electron chi connectivity index (χ1n) is 9.44. The minimum Gasteiger partial charge on any atom is -0.298 e. The SMILES string of the molecule is Cc1cc(=O)n(CCN2CCCC2Cn2nc(-n3ccnc3)ccc2=O)cn1. The van der Waals surface area contributed by atoms with Gasteiger partial charge in [0.05, 0.1) is 12.9 Å². The molecule has 0 saturated carbocycles. The van der Waals surface area contributed by atoms with Gasteiger partial charge in [-0.25, -0.2) is 14.6 Å². The van der Waals surface area contributed by atoms with Gasteiger partial charge in [0.25, 0.3) is 11.1 Å². The highest BCUT2D eigenvalue weighted by Crippen LogP contribution is 2.18. The van der Waals surface area contributed by atoms with Crippen LogP contribution in [0.1, 0.15) is 18.5 Å². The van der Waals surface area contributed by atoms with Crippen LogP contribution in [0.5, 0.6) is 0 Å². The number of likely N-dealkylation sites (tertiary alicyclic amines) is 1. The van der Waals surface area contributed by atoms with Crippen molar-refractivity contribution in [3.63, 3.8) is 0 Å². The van der Waals surface area contributed by atoms with Gasteiger partial charge in [0, 0.05) is 49.4 Å². The molecule has 1 aliphatic heterocycles. The topological polar surface area (TPSA) is 90.8 Å². The zero-order valence-corrected chi connectivity index (χ0v) is 15.8. The number of hydrogen-bond acceptors (Lipinski definition) is 6. The first-order chi connectivity index (χ1) is 13.6. The minimum absolute atomic E-state index is 0.0332. The third kappa shape index (κ3) is 3.94. The molecule has 4 rings (SSSR count). The first-order valence-corrected chi connectivity index (χ1v) is 9.44. The molecular formula is C19H23N7O2. The second-order valence-corrected chi connectivity index (χ2v) is 7.08. The van der Waals surface area contributed by atoms with Crippen molar-refractivity contribution in [1.29, 1.82) is 0 Å². The van der Waals surface area contributed by atoms with Crippen molar-refractivity contribution in [2.24, 2.45) is 0 Å². The van der Waals surface area contributed by atoms with Gasteiger partial charge >= 0.3 is 0 Å². The molecule has 1 atom stereocenters. The van der Waals surface area contributed by atoms with Crippen LogP contribution in [0.3, 0.4) is 0 Å². The molecule has 0 bridgehead atoms. The van der Waals surface area contributed by atoms with Gasteiger partial charge in [-0.15, -0.1) is 0 Å². The number of rotatable bonds is 6. The summed E-state index contributed by atoms with van der Waals surface area (Å²) in [6, 6.07) is 5.01. The van der Waals surface area contributed by atoms with Crippen LogP contribution in [-0.4, -0.2) is 52.9 Å². The van der Waals surface area contributed by atoms with Gasteiger partial charge in [-0.3, -0.25) is 23.6 Å². The van der Waals surface area contributed by atoms with E-state index in [1.807, 2.05) is 6.92 Å². The summed E-state index contributed by atoms with van der Waals surface area (Å²) in [5.74, 6) is 0.666. The molecule has 146 valence electrons. The highest BCUT2D eigenvalue weighted by molar-refractivity contribution is 5.19. The van der Waals surface area contributed by atoms with E-state index in [1.165, 1.54) is 4.68 Å². The van der Waals surface area contributed by atoms with E-state index >= 15 is 0 Å². The van der Waals surface area contributed by atoms with Gasteiger partial charge < -0.3 is 0 Å². The van der Waals surface area contributed by atoms with Crippen LogP contribution in [0, 0.1) is 6.92 Å². The van der Waals surface area contributed by atoms with Crippen LogP contribution in [0.15, 0.2) is 52.8 Å². The molecule has 3 aromatic heterocycles. The molecule has 0 aromatic carbocycles. The van der Waals surface area contributed by atoms with Crippen LogP contribution in [-0.2, 0) is 13.1 Å². The van der Waals surface area contributed by atoms with E-state index in [1.54, 1.807) is 52.4 Å². The van der Waals surface area contributed by atoms with Crippen LogP contribution in [0.2, 0.25) is 0 Å². The lowest BCUT2D eigenvalue weighted by Crippen LogP contribution is -2.39. The highest BCUT2D eigenvalue weighted by Gasteiger charge is 2.25. The van der Waals surface area contributed by atoms with E-state index in [0.29, 0.717) is 18.9 Å². The average molecular weight is 381 g/mol. The maximum atomic E-state index is 12.3. The summed E-state index contributed by atoms with van der Waals surface area (Å²) < 4.78 is 4.93. The summed E-state index contributed by atoms with van der Waals surface area (Å²) in [5, 5.41) is 4.49. The molecule has 4 heterocycles. The molecule has 0 radical (unpaired) electrons. The third-order valence-electron chi connectivity index (χ3n) is 5.15. The number of imidazole rings is 1. The molecule has 9 nitrogen and oxygen atoms in total. The third-order valence-corrected chi connectivity index (χ3v) is 5.15. The van der Waals surface area contributed by atoms with E-state index in [9.17, 15) is 9.59 Å². The molecule has 0 aliphatic carbocycles. The zero-order valence-electron chi connectivity index (χ0n) is 15.8. The van der Waals surface area contributed by atoms with Crippen molar-refractivity contribution in [3.05, 3.63) is 69.6 Å². The zero-order chi connectivity index (χ0) is 19.5. The fourth-order valence-corrected chi connectivity index (χ4v) is 3.62. The van der Waals surface area contributed by atoms with Crippen molar-refractivity contribution >= 4 is 0 Å². The summed E-state index contributed by atoms with van der Waals surface area (Å²) in [4.78, 5) is 34.9. The molecule has 0 N–H and O–H groups in total. The minimum atomic E-state index is -0.116. The van der Waals surface area contributed by atoms with Crippen molar-refractivity contribution in [1.82, 2.24) is 33.8 Å². The van der Waals surface area contributed by atoms with Gasteiger partial charge in [0.1, 0.15) is 6.33 Å². The van der Waals surface area contributed by atoms with Crippen LogP contribution < -0.4 is 11.1 Å². The van der Waals surface area contributed by atoms with Gasteiger partial charge in [0.15, 0.2) is 5.82 Å². The monoisotopic (exact) mass is 381 g/mol. The number of aryl methyl sites for hydroxylation is 1. The van der Waals surface area contributed by atoms with E-state index < -0.39 is 0 Å². The Morgan fingerprint density at radius 2 is 2.04 bits per heavy atom. The summed E-state index contributed by atoms with van der Waals surface area (Å²) >= 11 is 0. The Labute approximate surface area is 161 Å². The quantitative estimate of drug-likeness (QED) is 0.616. The molecule has 1 unspecified atom stereocenters. The smallest absolute Gasteiger partial charge is 0.266 e. The van der Waals surface area contributed by atoms with E-state index in [4.69, 9.17) is 0 Å². The Kier molecular flexibility index (Phi) is 5.16. The molecular weight excluding hydrogens is 358 g/mol. The number of nitrogens with zero attached hydrogens (tertiary/aromatic N) is 7. The molecule has 28 heavy (non-hydrogen) atoms. The van der Waals surface area contributed by atoms with Gasteiger partial charge in [-0.2, -0.15) is 5.10 Å². The van der Waals surface area contributed by atoms with Crippen molar-refractivity contribution in [2.75, 3.05) is 13.1 Å². The highest BCUT2D eigenvalue weighted by atomic mass is 16.1. The lowest BCUT2D eigenvalue weighted by atomic mass is 10.2. The lowest BCUT2D eigenvalue weighted by molar-refractivity contribution is 0.215. The Hall–Kier alpha value is -3.07. The second kappa shape index (κ2) is 7.89. The Morgan fingerprint density at radius 1 is 1.14 bits per heavy atom. The summed E-state index contributed by atoms with van der Waals surface area (Å²) in [5.41, 5.74) is 0.576. The molecule has 0 amide bonds.